The minimum Gasteiger partial charge on any atom is -0.330 e. The van der Waals surface area contributed by atoms with Gasteiger partial charge in [0.1, 0.15) is 0 Å². The molecule has 1 rings (SSSR count). The molecule has 1 aliphatic heterocycles. The van der Waals surface area contributed by atoms with E-state index in [1.54, 1.807) is 7.05 Å². The number of nitrogens with two attached hydrogens (primary N) is 1. The summed E-state index contributed by atoms with van der Waals surface area (Å²) in [5.41, 5.74) is 5.61. The normalized spacial score (nSPS) is 27.4. The van der Waals surface area contributed by atoms with Crippen LogP contribution in [0.5, 0.6) is 0 Å². The fourth-order valence-electron chi connectivity index (χ4n) is 1.76. The van der Waals surface area contributed by atoms with Crippen molar-refractivity contribution < 1.29 is 8.42 Å². The molecular weight excluding hydrogens is 228 g/mol. The van der Waals surface area contributed by atoms with Crippen LogP contribution < -0.4 is 5.73 Å². The zero-order chi connectivity index (χ0) is 12.3. The molecule has 0 amide bonds. The van der Waals surface area contributed by atoms with E-state index < -0.39 is 10.2 Å². The van der Waals surface area contributed by atoms with Gasteiger partial charge in [-0.05, 0) is 26.6 Å². The van der Waals surface area contributed by atoms with E-state index in [9.17, 15) is 8.42 Å². The van der Waals surface area contributed by atoms with Crippen LogP contribution in [-0.2, 0) is 10.2 Å². The molecule has 0 aliphatic carbocycles. The monoisotopic (exact) mass is 250 g/mol. The molecule has 2 N–H and O–H groups in total. The van der Waals surface area contributed by atoms with Crippen LogP contribution in [0.2, 0.25) is 0 Å². The highest BCUT2D eigenvalue weighted by atomic mass is 32.2. The number of hydrogen-bond donors (Lipinski definition) is 1. The molecule has 1 aliphatic rings. The third kappa shape index (κ3) is 3.14. The van der Waals surface area contributed by atoms with Crippen molar-refractivity contribution in [3.05, 3.63) is 0 Å². The van der Waals surface area contributed by atoms with Crippen molar-refractivity contribution in [1.29, 1.82) is 0 Å². The van der Waals surface area contributed by atoms with Crippen molar-refractivity contribution in [2.24, 2.45) is 11.7 Å². The molecule has 16 heavy (non-hydrogen) atoms. The minimum absolute atomic E-state index is 0.232. The average Bonchev–Trinajstić information content (AvgIpc) is 2.19. The van der Waals surface area contributed by atoms with Crippen LogP contribution in [0.1, 0.15) is 0 Å². The molecule has 0 aromatic heterocycles. The third-order valence-corrected chi connectivity index (χ3v) is 4.75. The lowest BCUT2D eigenvalue weighted by Gasteiger charge is -2.37. The number of hydrogen-bond acceptors (Lipinski definition) is 4. The number of likely N-dealkylation sites (N-methyl/N-ethyl adjacent to an activating group) is 1. The largest absolute Gasteiger partial charge is 0.330 e. The van der Waals surface area contributed by atoms with E-state index >= 15 is 0 Å². The lowest BCUT2D eigenvalue weighted by Crippen LogP contribution is -2.54. The maximum absolute atomic E-state index is 12.0. The van der Waals surface area contributed by atoms with Gasteiger partial charge in [0.15, 0.2) is 0 Å². The van der Waals surface area contributed by atoms with Gasteiger partial charge in [0.25, 0.3) is 10.2 Å². The number of nitrogens with zero attached hydrogens (tertiary/aromatic N) is 3. The van der Waals surface area contributed by atoms with Gasteiger partial charge in [-0.1, -0.05) is 0 Å². The quantitative estimate of drug-likeness (QED) is 0.667. The Bertz CT molecular complexity index is 317. The van der Waals surface area contributed by atoms with Gasteiger partial charge >= 0.3 is 0 Å². The van der Waals surface area contributed by atoms with Crippen LogP contribution in [0.4, 0.5) is 0 Å². The van der Waals surface area contributed by atoms with E-state index in [0.29, 0.717) is 26.2 Å². The maximum Gasteiger partial charge on any atom is 0.281 e. The molecule has 1 atom stereocenters. The Morgan fingerprint density at radius 1 is 1.38 bits per heavy atom. The first kappa shape index (κ1) is 13.9. The highest BCUT2D eigenvalue weighted by Gasteiger charge is 2.34. The van der Waals surface area contributed by atoms with Crippen molar-refractivity contribution in [3.8, 4) is 0 Å². The molecule has 6 nitrogen and oxygen atoms in total. The van der Waals surface area contributed by atoms with Crippen LogP contribution >= 0.6 is 0 Å². The van der Waals surface area contributed by atoms with Crippen molar-refractivity contribution in [2.45, 2.75) is 0 Å². The smallest absolute Gasteiger partial charge is 0.281 e. The fourth-order valence-corrected chi connectivity index (χ4v) is 3.27. The van der Waals surface area contributed by atoms with Crippen LogP contribution in [0, 0.1) is 5.92 Å². The van der Waals surface area contributed by atoms with Crippen LogP contribution in [0.25, 0.3) is 0 Å². The van der Waals surface area contributed by atoms with Crippen molar-refractivity contribution >= 4 is 10.2 Å². The van der Waals surface area contributed by atoms with Gasteiger partial charge in [-0.25, -0.2) is 0 Å². The average molecular weight is 250 g/mol. The van der Waals surface area contributed by atoms with E-state index in [4.69, 9.17) is 5.73 Å². The second-order valence-corrected chi connectivity index (χ2v) is 6.59. The van der Waals surface area contributed by atoms with E-state index in [1.165, 1.54) is 8.61 Å². The summed E-state index contributed by atoms with van der Waals surface area (Å²) in [5, 5.41) is 0. The van der Waals surface area contributed by atoms with Gasteiger partial charge in [-0.3, -0.25) is 0 Å². The highest BCUT2D eigenvalue weighted by Crippen LogP contribution is 2.17. The molecule has 1 unspecified atom stereocenters. The SMILES string of the molecule is CN(C)CCN1CC(CN)CN(C)S1(=O)=O. The van der Waals surface area contributed by atoms with Crippen molar-refractivity contribution in [2.75, 3.05) is 53.9 Å². The van der Waals surface area contributed by atoms with E-state index in [2.05, 4.69) is 0 Å². The summed E-state index contributed by atoms with van der Waals surface area (Å²) in [5.74, 6) is 0.232. The Morgan fingerprint density at radius 3 is 2.50 bits per heavy atom. The molecule has 1 saturated heterocycles. The first-order valence-corrected chi connectivity index (χ1v) is 6.83. The van der Waals surface area contributed by atoms with Gasteiger partial charge in [0.05, 0.1) is 0 Å². The first-order chi connectivity index (χ1) is 7.37. The standard InChI is InChI=1S/C9H22N4O2S/c1-11(2)4-5-13-8-9(6-10)7-12(3)16(13,14)15/h9H,4-8,10H2,1-3H3. The fraction of sp³-hybridized carbons (Fsp3) is 1.00. The van der Waals surface area contributed by atoms with Crippen LogP contribution in [0.3, 0.4) is 0 Å². The Labute approximate surface area is 98.2 Å². The molecule has 1 fully saturated rings. The second-order valence-electron chi connectivity index (χ2n) is 4.55. The minimum atomic E-state index is -3.26. The van der Waals surface area contributed by atoms with Gasteiger partial charge in [0, 0.05) is 33.2 Å². The van der Waals surface area contributed by atoms with Gasteiger partial charge in [0.2, 0.25) is 0 Å². The number of rotatable bonds is 4. The Morgan fingerprint density at radius 2 is 2.00 bits per heavy atom. The van der Waals surface area contributed by atoms with Gasteiger partial charge < -0.3 is 10.6 Å². The van der Waals surface area contributed by atoms with Crippen LogP contribution in [-0.4, -0.2) is 75.8 Å². The molecule has 0 saturated carbocycles. The summed E-state index contributed by atoms with van der Waals surface area (Å²) < 4.78 is 26.9. The third-order valence-electron chi connectivity index (χ3n) is 2.83. The van der Waals surface area contributed by atoms with Gasteiger partial charge in [-0.2, -0.15) is 17.0 Å². The predicted molar refractivity (Wildman–Crippen MR) is 64.2 cm³/mol. The molecule has 0 aromatic rings. The van der Waals surface area contributed by atoms with Gasteiger partial charge in [-0.15, -0.1) is 0 Å². The van der Waals surface area contributed by atoms with E-state index in [0.717, 1.165) is 6.54 Å². The second kappa shape index (κ2) is 5.42. The summed E-state index contributed by atoms with van der Waals surface area (Å²) in [4.78, 5) is 1.97. The molecule has 0 aromatic carbocycles. The van der Waals surface area contributed by atoms with Crippen molar-refractivity contribution in [3.63, 3.8) is 0 Å². The molecule has 0 bridgehead atoms. The Kier molecular flexibility index (Phi) is 4.69. The molecule has 0 spiro atoms. The Hall–Kier alpha value is -0.210. The van der Waals surface area contributed by atoms with E-state index in [-0.39, 0.29) is 5.92 Å². The molecule has 0 radical (unpaired) electrons. The lowest BCUT2D eigenvalue weighted by atomic mass is 10.1. The first-order valence-electron chi connectivity index (χ1n) is 5.44. The summed E-state index contributed by atoms with van der Waals surface area (Å²) >= 11 is 0. The molecular formula is C9H22N4O2S. The van der Waals surface area contributed by atoms with Crippen LogP contribution in [0.15, 0.2) is 0 Å². The highest BCUT2D eigenvalue weighted by molar-refractivity contribution is 7.86. The molecule has 1 heterocycles. The predicted octanol–water partition coefficient (Wildman–Crippen LogP) is -1.38. The Balaban J connectivity index is 2.70. The summed E-state index contributed by atoms with van der Waals surface area (Å²) in [6.45, 7) is 2.84. The zero-order valence-electron chi connectivity index (χ0n) is 10.3. The zero-order valence-corrected chi connectivity index (χ0v) is 11.1. The topological polar surface area (TPSA) is 69.9 Å². The summed E-state index contributed by atoms with van der Waals surface area (Å²) in [6.07, 6.45) is 0. The lowest BCUT2D eigenvalue weighted by molar-refractivity contribution is 0.231. The molecule has 96 valence electrons. The van der Waals surface area contributed by atoms with E-state index in [1.807, 2.05) is 19.0 Å². The molecule has 7 heteroatoms. The van der Waals surface area contributed by atoms with Crippen molar-refractivity contribution in [1.82, 2.24) is 13.5 Å². The summed E-state index contributed by atoms with van der Waals surface area (Å²) in [7, 11) is 2.22. The summed E-state index contributed by atoms with van der Waals surface area (Å²) in [6, 6.07) is 0. The maximum atomic E-state index is 12.0.